The number of hydrogen-bond acceptors (Lipinski definition) is 5. The van der Waals surface area contributed by atoms with Crippen LogP contribution in [0.25, 0.3) is 0 Å². The van der Waals surface area contributed by atoms with Gasteiger partial charge in [0.15, 0.2) is 5.69 Å². The van der Waals surface area contributed by atoms with Gasteiger partial charge >= 0.3 is 0 Å². The Bertz CT molecular complexity index is 812. The fourth-order valence-corrected chi connectivity index (χ4v) is 3.12. The van der Waals surface area contributed by atoms with E-state index in [9.17, 15) is 4.79 Å². The van der Waals surface area contributed by atoms with Gasteiger partial charge in [0, 0.05) is 13.1 Å². The first-order valence-electron chi connectivity index (χ1n) is 7.97. The lowest BCUT2D eigenvalue weighted by Gasteiger charge is -2.25. The summed E-state index contributed by atoms with van der Waals surface area (Å²) >= 11 is 0. The van der Waals surface area contributed by atoms with Gasteiger partial charge in [0.05, 0.1) is 29.9 Å². The summed E-state index contributed by atoms with van der Waals surface area (Å²) in [6.45, 7) is 2.79. The number of aromatic nitrogens is 2. The summed E-state index contributed by atoms with van der Waals surface area (Å²) in [5.74, 6) is 0.591. The van der Waals surface area contributed by atoms with Crippen LogP contribution in [-0.2, 0) is 19.5 Å². The van der Waals surface area contributed by atoms with Gasteiger partial charge in [-0.05, 0) is 36.2 Å². The number of nitriles is 1. The lowest BCUT2D eigenvalue weighted by molar-refractivity contribution is 0.0909. The highest BCUT2D eigenvalue weighted by Crippen LogP contribution is 2.25. The molecule has 0 saturated heterocycles. The van der Waals surface area contributed by atoms with Crippen molar-refractivity contribution in [3.63, 3.8) is 0 Å². The molecule has 1 amide bonds. The summed E-state index contributed by atoms with van der Waals surface area (Å²) in [6, 6.07) is 9.18. The molecule has 2 N–H and O–H groups in total. The Hall–Kier alpha value is -2.85. The minimum atomic E-state index is -0.189. The molecular formula is C17H17N5O2. The summed E-state index contributed by atoms with van der Waals surface area (Å²) < 4.78 is 7.57. The van der Waals surface area contributed by atoms with E-state index in [4.69, 9.17) is 10.00 Å². The van der Waals surface area contributed by atoms with Crippen molar-refractivity contribution in [3.05, 3.63) is 46.8 Å². The molecule has 0 spiro atoms. The van der Waals surface area contributed by atoms with Gasteiger partial charge in [-0.2, -0.15) is 10.4 Å². The molecule has 2 aromatic rings. The van der Waals surface area contributed by atoms with Gasteiger partial charge in [0.2, 0.25) is 0 Å². The van der Waals surface area contributed by atoms with Crippen molar-refractivity contribution in [1.29, 1.82) is 5.26 Å². The second kappa shape index (κ2) is 5.98. The molecule has 1 aromatic heterocycles. The zero-order valence-corrected chi connectivity index (χ0v) is 13.1. The number of rotatable bonds is 2. The minimum Gasteiger partial charge on any atom is -0.491 e. The van der Waals surface area contributed by atoms with Crippen LogP contribution in [-0.4, -0.2) is 34.9 Å². The molecule has 0 radical (unpaired) electrons. The smallest absolute Gasteiger partial charge is 0.272 e. The first-order chi connectivity index (χ1) is 11.7. The molecule has 4 rings (SSSR count). The Morgan fingerprint density at radius 1 is 1.46 bits per heavy atom. The average molecular weight is 323 g/mol. The van der Waals surface area contributed by atoms with Gasteiger partial charge in [0.25, 0.3) is 5.91 Å². The fourth-order valence-electron chi connectivity index (χ4n) is 3.12. The largest absolute Gasteiger partial charge is 0.491 e. The zero-order chi connectivity index (χ0) is 16.5. The minimum absolute atomic E-state index is 0.129. The fraction of sp³-hybridized carbons (Fsp3) is 0.353. The number of amides is 1. The van der Waals surface area contributed by atoms with Gasteiger partial charge in [0.1, 0.15) is 12.4 Å². The first kappa shape index (κ1) is 14.7. The predicted molar refractivity (Wildman–Crippen MR) is 85.5 cm³/mol. The number of fused-ring (bicyclic) bond motifs is 2. The van der Waals surface area contributed by atoms with E-state index in [1.54, 1.807) is 6.07 Å². The SMILES string of the molecule is N#Cc1ccc2c(c1)C[C@@H](NC(=O)c1cc3n(n1)CCNC3)CO2. The van der Waals surface area contributed by atoms with Gasteiger partial charge in [-0.1, -0.05) is 0 Å². The molecule has 2 aliphatic heterocycles. The summed E-state index contributed by atoms with van der Waals surface area (Å²) in [5, 5.41) is 19.6. The van der Waals surface area contributed by atoms with E-state index in [0.29, 0.717) is 24.3 Å². The Labute approximate surface area is 139 Å². The maximum atomic E-state index is 12.5. The van der Waals surface area contributed by atoms with Crippen molar-refractivity contribution < 1.29 is 9.53 Å². The summed E-state index contributed by atoms with van der Waals surface area (Å²) in [6.07, 6.45) is 0.645. The molecule has 0 saturated carbocycles. The average Bonchev–Trinajstić information content (AvgIpc) is 3.05. The summed E-state index contributed by atoms with van der Waals surface area (Å²) in [7, 11) is 0. The lowest BCUT2D eigenvalue weighted by Crippen LogP contribution is -2.42. The maximum Gasteiger partial charge on any atom is 0.272 e. The van der Waals surface area contributed by atoms with Crippen LogP contribution in [0, 0.1) is 11.3 Å². The highest BCUT2D eigenvalue weighted by atomic mass is 16.5. The van der Waals surface area contributed by atoms with Gasteiger partial charge in [-0.3, -0.25) is 9.48 Å². The third-order valence-electron chi connectivity index (χ3n) is 4.33. The molecule has 0 unspecified atom stereocenters. The van der Waals surface area contributed by atoms with E-state index in [1.807, 2.05) is 22.9 Å². The molecule has 0 bridgehead atoms. The van der Waals surface area contributed by atoms with Crippen LogP contribution >= 0.6 is 0 Å². The second-order valence-electron chi connectivity index (χ2n) is 6.04. The molecule has 2 aliphatic rings. The van der Waals surface area contributed by atoms with Crippen LogP contribution in [0.3, 0.4) is 0 Å². The monoisotopic (exact) mass is 323 g/mol. The normalized spacial score (nSPS) is 18.7. The van der Waals surface area contributed by atoms with Crippen LogP contribution < -0.4 is 15.4 Å². The molecule has 122 valence electrons. The van der Waals surface area contributed by atoms with E-state index in [2.05, 4.69) is 21.8 Å². The van der Waals surface area contributed by atoms with Crippen LogP contribution in [0.15, 0.2) is 24.3 Å². The number of nitrogens with zero attached hydrogens (tertiary/aromatic N) is 3. The number of carbonyl (C=O) groups is 1. The molecule has 24 heavy (non-hydrogen) atoms. The van der Waals surface area contributed by atoms with E-state index >= 15 is 0 Å². The van der Waals surface area contributed by atoms with Crippen molar-refractivity contribution in [1.82, 2.24) is 20.4 Å². The number of benzene rings is 1. The zero-order valence-electron chi connectivity index (χ0n) is 13.1. The van der Waals surface area contributed by atoms with Crippen LogP contribution in [0.2, 0.25) is 0 Å². The van der Waals surface area contributed by atoms with Crippen molar-refractivity contribution in [2.24, 2.45) is 0 Å². The molecule has 1 atom stereocenters. The molecule has 7 nitrogen and oxygen atoms in total. The van der Waals surface area contributed by atoms with Crippen molar-refractivity contribution in [2.45, 2.75) is 25.6 Å². The third kappa shape index (κ3) is 2.72. The highest BCUT2D eigenvalue weighted by molar-refractivity contribution is 5.92. The molecule has 0 aliphatic carbocycles. The molecular weight excluding hydrogens is 306 g/mol. The second-order valence-corrected chi connectivity index (χ2v) is 6.04. The molecule has 0 fully saturated rings. The molecule has 7 heteroatoms. The lowest BCUT2D eigenvalue weighted by atomic mass is 10.0. The summed E-state index contributed by atoms with van der Waals surface area (Å²) in [4.78, 5) is 12.5. The third-order valence-corrected chi connectivity index (χ3v) is 4.33. The van der Waals surface area contributed by atoms with Crippen molar-refractivity contribution in [3.8, 4) is 11.8 Å². The Balaban J connectivity index is 1.46. The number of ether oxygens (including phenoxy) is 1. The van der Waals surface area contributed by atoms with Crippen LogP contribution in [0.1, 0.15) is 27.3 Å². The van der Waals surface area contributed by atoms with E-state index in [1.165, 1.54) is 0 Å². The Kier molecular flexibility index (Phi) is 3.67. The van der Waals surface area contributed by atoms with Gasteiger partial charge in [-0.15, -0.1) is 0 Å². The number of nitrogens with one attached hydrogen (secondary N) is 2. The van der Waals surface area contributed by atoms with Crippen molar-refractivity contribution >= 4 is 5.91 Å². The van der Waals surface area contributed by atoms with Gasteiger partial charge in [-0.25, -0.2) is 0 Å². The summed E-state index contributed by atoms with van der Waals surface area (Å²) in [5.41, 5.74) is 3.00. The van der Waals surface area contributed by atoms with E-state index in [0.717, 1.165) is 36.6 Å². The highest BCUT2D eigenvalue weighted by Gasteiger charge is 2.24. The number of hydrogen-bond donors (Lipinski definition) is 2. The molecule has 3 heterocycles. The van der Waals surface area contributed by atoms with E-state index < -0.39 is 0 Å². The number of carbonyl (C=O) groups excluding carboxylic acids is 1. The maximum absolute atomic E-state index is 12.5. The quantitative estimate of drug-likeness (QED) is 0.844. The standard InChI is InChI=1S/C17H17N5O2/c18-8-11-1-2-16-12(5-11)6-13(10-24-16)20-17(23)15-7-14-9-19-3-4-22(14)21-15/h1-2,5,7,13,19H,3-4,6,9-10H2,(H,20,23)/t13-/m1/s1. The Morgan fingerprint density at radius 2 is 2.38 bits per heavy atom. The molecule has 1 aromatic carbocycles. The van der Waals surface area contributed by atoms with E-state index in [-0.39, 0.29) is 11.9 Å². The predicted octanol–water partition coefficient (Wildman–Crippen LogP) is 0.591. The topological polar surface area (TPSA) is 92.0 Å². The first-order valence-corrected chi connectivity index (χ1v) is 7.97. The van der Waals surface area contributed by atoms with Gasteiger partial charge < -0.3 is 15.4 Å². The van der Waals surface area contributed by atoms with Crippen LogP contribution in [0.4, 0.5) is 0 Å². The Morgan fingerprint density at radius 3 is 3.21 bits per heavy atom. The van der Waals surface area contributed by atoms with Crippen molar-refractivity contribution in [2.75, 3.05) is 13.2 Å². The van der Waals surface area contributed by atoms with Crippen LogP contribution in [0.5, 0.6) is 5.75 Å².